The van der Waals surface area contributed by atoms with Crippen molar-refractivity contribution in [2.24, 2.45) is 0 Å². The Labute approximate surface area is 196 Å². The molecule has 0 bridgehead atoms. The molecule has 0 aliphatic carbocycles. The molecule has 33 heavy (non-hydrogen) atoms. The molecular weight excluding hydrogens is 438 g/mol. The van der Waals surface area contributed by atoms with Gasteiger partial charge >= 0.3 is 0 Å². The first-order chi connectivity index (χ1) is 16.0. The van der Waals surface area contributed by atoms with Crippen LogP contribution in [0.15, 0.2) is 54.3 Å². The number of fused-ring (bicyclic) bond motifs is 1. The van der Waals surface area contributed by atoms with Gasteiger partial charge in [0.25, 0.3) is 0 Å². The number of nitrogens with one attached hydrogen (secondary N) is 2. The SMILES string of the molecule is CC(=O)NCC(C)Oc1cccc2ncnc(Nc3ccc(OCc4nccs4)c(C)c3)c12. The number of nitrogens with zero attached hydrogens (tertiary/aromatic N) is 3. The Morgan fingerprint density at radius 2 is 2.03 bits per heavy atom. The Morgan fingerprint density at radius 3 is 2.79 bits per heavy atom. The van der Waals surface area contributed by atoms with Gasteiger partial charge < -0.3 is 20.1 Å². The van der Waals surface area contributed by atoms with Gasteiger partial charge in [-0.15, -0.1) is 11.3 Å². The summed E-state index contributed by atoms with van der Waals surface area (Å²) in [5, 5.41) is 9.80. The molecule has 0 aliphatic rings. The summed E-state index contributed by atoms with van der Waals surface area (Å²) in [4.78, 5) is 24.3. The van der Waals surface area contributed by atoms with Crippen LogP contribution in [-0.4, -0.2) is 33.5 Å². The molecule has 2 heterocycles. The first-order valence-electron chi connectivity index (χ1n) is 10.5. The molecule has 1 unspecified atom stereocenters. The summed E-state index contributed by atoms with van der Waals surface area (Å²) in [5.74, 6) is 1.99. The summed E-state index contributed by atoms with van der Waals surface area (Å²) in [6.07, 6.45) is 3.07. The van der Waals surface area contributed by atoms with Crippen molar-refractivity contribution in [2.75, 3.05) is 11.9 Å². The van der Waals surface area contributed by atoms with Crippen molar-refractivity contribution in [3.8, 4) is 11.5 Å². The van der Waals surface area contributed by atoms with E-state index in [1.54, 1.807) is 17.5 Å². The molecule has 9 heteroatoms. The molecule has 0 spiro atoms. The summed E-state index contributed by atoms with van der Waals surface area (Å²) in [6.45, 7) is 6.24. The molecule has 0 fully saturated rings. The minimum absolute atomic E-state index is 0.0940. The number of ether oxygens (including phenoxy) is 2. The maximum atomic E-state index is 11.2. The van der Waals surface area contributed by atoms with E-state index in [9.17, 15) is 4.79 Å². The van der Waals surface area contributed by atoms with E-state index < -0.39 is 0 Å². The normalized spacial score (nSPS) is 11.7. The van der Waals surface area contributed by atoms with Crippen LogP contribution in [0.3, 0.4) is 0 Å². The summed E-state index contributed by atoms with van der Waals surface area (Å²) in [7, 11) is 0. The fourth-order valence-corrected chi connectivity index (χ4v) is 3.83. The molecular formula is C24H25N5O3S. The minimum Gasteiger partial charge on any atom is -0.488 e. The van der Waals surface area contributed by atoms with Gasteiger partial charge in [-0.25, -0.2) is 15.0 Å². The molecule has 8 nitrogen and oxygen atoms in total. The highest BCUT2D eigenvalue weighted by Crippen LogP contribution is 2.33. The number of aryl methyl sites for hydroxylation is 1. The van der Waals surface area contributed by atoms with Crippen LogP contribution in [0.25, 0.3) is 10.9 Å². The Morgan fingerprint density at radius 1 is 1.15 bits per heavy atom. The van der Waals surface area contributed by atoms with Crippen molar-refractivity contribution in [1.82, 2.24) is 20.3 Å². The first kappa shape index (κ1) is 22.5. The third-order valence-corrected chi connectivity index (χ3v) is 5.62. The van der Waals surface area contributed by atoms with Crippen LogP contribution in [0.5, 0.6) is 11.5 Å². The predicted octanol–water partition coefficient (Wildman–Crippen LogP) is 4.62. The predicted molar refractivity (Wildman–Crippen MR) is 129 cm³/mol. The fourth-order valence-electron chi connectivity index (χ4n) is 3.31. The van der Waals surface area contributed by atoms with Gasteiger partial charge in [-0.3, -0.25) is 4.79 Å². The second-order valence-corrected chi connectivity index (χ2v) is 8.54. The molecule has 170 valence electrons. The Bertz CT molecular complexity index is 1240. The highest BCUT2D eigenvalue weighted by atomic mass is 32.1. The fraction of sp³-hybridized carbons (Fsp3) is 0.250. The van der Waals surface area contributed by atoms with Crippen LogP contribution in [0.2, 0.25) is 0 Å². The second kappa shape index (κ2) is 10.3. The molecule has 2 N–H and O–H groups in total. The average molecular weight is 464 g/mol. The van der Waals surface area contributed by atoms with E-state index in [0.717, 1.165) is 32.9 Å². The van der Waals surface area contributed by atoms with E-state index in [2.05, 4.69) is 25.6 Å². The van der Waals surface area contributed by atoms with Crippen LogP contribution in [0.4, 0.5) is 11.5 Å². The molecule has 2 aromatic heterocycles. The number of aromatic nitrogens is 3. The van der Waals surface area contributed by atoms with E-state index in [0.29, 0.717) is 24.7 Å². The first-order valence-corrected chi connectivity index (χ1v) is 11.4. The number of hydrogen-bond donors (Lipinski definition) is 2. The highest BCUT2D eigenvalue weighted by molar-refractivity contribution is 7.09. The summed E-state index contributed by atoms with van der Waals surface area (Å²) in [5.41, 5.74) is 2.63. The number of amides is 1. The second-order valence-electron chi connectivity index (χ2n) is 7.56. The van der Waals surface area contributed by atoms with Gasteiger partial charge in [-0.2, -0.15) is 0 Å². The number of carbonyl (C=O) groups is 1. The minimum atomic E-state index is -0.218. The molecule has 0 radical (unpaired) electrons. The molecule has 0 saturated carbocycles. The van der Waals surface area contributed by atoms with Gasteiger partial charge in [-0.05, 0) is 49.7 Å². The maximum absolute atomic E-state index is 11.2. The zero-order valence-electron chi connectivity index (χ0n) is 18.7. The van der Waals surface area contributed by atoms with Gasteiger partial charge in [0, 0.05) is 24.2 Å². The molecule has 4 aromatic rings. The van der Waals surface area contributed by atoms with Crippen molar-refractivity contribution >= 4 is 39.7 Å². The standard InChI is InChI=1S/C24H25N5O3S/c1-15-11-18(7-8-20(15)31-13-22-25-9-10-33-22)29-24-23-19(27-14-28-24)5-4-6-21(23)32-16(2)12-26-17(3)30/h4-11,14,16H,12-13H2,1-3H3,(H,26,30)(H,27,28,29). The number of hydrogen-bond acceptors (Lipinski definition) is 8. The Hall–Kier alpha value is -3.72. The van der Waals surface area contributed by atoms with Crippen LogP contribution in [0.1, 0.15) is 24.4 Å². The van der Waals surface area contributed by atoms with Crippen LogP contribution < -0.4 is 20.1 Å². The monoisotopic (exact) mass is 463 g/mol. The third kappa shape index (κ3) is 5.75. The van der Waals surface area contributed by atoms with Crippen molar-refractivity contribution in [1.29, 1.82) is 0 Å². The zero-order valence-corrected chi connectivity index (χ0v) is 19.5. The molecule has 1 amide bonds. The molecule has 0 saturated heterocycles. The largest absolute Gasteiger partial charge is 0.488 e. The maximum Gasteiger partial charge on any atom is 0.217 e. The lowest BCUT2D eigenvalue weighted by Crippen LogP contribution is -2.32. The van der Waals surface area contributed by atoms with Crippen LogP contribution in [0, 0.1) is 6.92 Å². The van der Waals surface area contributed by atoms with Crippen molar-refractivity contribution in [2.45, 2.75) is 33.5 Å². The lowest BCUT2D eigenvalue weighted by atomic mass is 10.1. The van der Waals surface area contributed by atoms with Crippen LogP contribution >= 0.6 is 11.3 Å². The molecule has 1 atom stereocenters. The topological polar surface area (TPSA) is 98.3 Å². The number of thiazole rings is 1. The van der Waals surface area contributed by atoms with E-state index >= 15 is 0 Å². The number of anilines is 2. The van der Waals surface area contributed by atoms with Gasteiger partial charge in [0.05, 0.1) is 17.4 Å². The van der Waals surface area contributed by atoms with Crippen LogP contribution in [-0.2, 0) is 11.4 Å². The van der Waals surface area contributed by atoms with Gasteiger partial charge in [-0.1, -0.05) is 6.07 Å². The van der Waals surface area contributed by atoms with Gasteiger partial charge in [0.2, 0.25) is 5.91 Å². The third-order valence-electron chi connectivity index (χ3n) is 4.86. The molecule has 4 rings (SSSR count). The van der Waals surface area contributed by atoms with Crippen molar-refractivity contribution in [3.05, 3.63) is 64.9 Å². The van der Waals surface area contributed by atoms with Crippen molar-refractivity contribution in [3.63, 3.8) is 0 Å². The summed E-state index contributed by atoms with van der Waals surface area (Å²) >= 11 is 1.57. The van der Waals surface area contributed by atoms with E-state index in [-0.39, 0.29) is 12.0 Å². The summed E-state index contributed by atoms with van der Waals surface area (Å²) < 4.78 is 12.0. The van der Waals surface area contributed by atoms with E-state index in [4.69, 9.17) is 9.47 Å². The number of benzene rings is 2. The average Bonchev–Trinajstić information content (AvgIpc) is 3.31. The lowest BCUT2D eigenvalue weighted by molar-refractivity contribution is -0.119. The smallest absolute Gasteiger partial charge is 0.217 e. The molecule has 0 aliphatic heterocycles. The summed E-state index contributed by atoms with van der Waals surface area (Å²) in [6, 6.07) is 11.6. The van der Waals surface area contributed by atoms with Crippen molar-refractivity contribution < 1.29 is 14.3 Å². The Balaban J connectivity index is 1.54. The van der Waals surface area contributed by atoms with Gasteiger partial charge in [0.1, 0.15) is 41.4 Å². The zero-order chi connectivity index (χ0) is 23.2. The molecule has 2 aromatic carbocycles. The quantitative estimate of drug-likeness (QED) is 0.374. The van der Waals surface area contributed by atoms with E-state index in [1.807, 2.05) is 55.6 Å². The Kier molecular flexibility index (Phi) is 6.99. The van der Waals surface area contributed by atoms with E-state index in [1.165, 1.54) is 13.3 Å². The lowest BCUT2D eigenvalue weighted by Gasteiger charge is -2.18. The number of rotatable bonds is 9. The highest BCUT2D eigenvalue weighted by Gasteiger charge is 2.14. The number of carbonyl (C=O) groups excluding carboxylic acids is 1. The van der Waals surface area contributed by atoms with Gasteiger partial charge in [0.15, 0.2) is 0 Å².